The van der Waals surface area contributed by atoms with E-state index in [1.165, 1.54) is 12.5 Å². The Bertz CT molecular complexity index is 638. The van der Waals surface area contributed by atoms with Crippen molar-refractivity contribution >= 4 is 22.8 Å². The first-order valence-electron chi connectivity index (χ1n) is 5.57. The first-order chi connectivity index (χ1) is 9.28. The first-order valence-corrected chi connectivity index (χ1v) is 5.57. The lowest BCUT2D eigenvalue weighted by Gasteiger charge is -2.23. The highest BCUT2D eigenvalue weighted by atomic mass is 19.4. The number of hydrogen-bond acceptors (Lipinski definition) is 4. The monoisotopic (exact) mass is 288 g/mol. The highest BCUT2D eigenvalue weighted by Crippen LogP contribution is 2.26. The molecule has 2 aromatic rings. The van der Waals surface area contributed by atoms with Gasteiger partial charge in [-0.3, -0.25) is 4.79 Å². The molecular formula is C11H11F3N4O2. The Labute approximate surface area is 111 Å². The fourth-order valence-corrected chi connectivity index (χ4v) is 1.86. The van der Waals surface area contributed by atoms with Crippen molar-refractivity contribution in [3.05, 3.63) is 18.6 Å². The summed E-state index contributed by atoms with van der Waals surface area (Å²) in [6.45, 7) is -2.20. The molecule has 0 amide bonds. The molecule has 0 radical (unpaired) electrons. The number of aliphatic carboxylic acids is 1. The zero-order valence-corrected chi connectivity index (χ0v) is 10.4. The number of fused-ring (bicyclic) bond motifs is 1. The molecule has 0 fully saturated rings. The third-order valence-electron chi connectivity index (χ3n) is 2.62. The summed E-state index contributed by atoms with van der Waals surface area (Å²) >= 11 is 0. The summed E-state index contributed by atoms with van der Waals surface area (Å²) in [5.41, 5.74) is 0.813. The number of alkyl halides is 3. The van der Waals surface area contributed by atoms with E-state index < -0.39 is 25.2 Å². The molecule has 1 N–H and O–H groups in total. The van der Waals surface area contributed by atoms with Gasteiger partial charge in [0.1, 0.15) is 18.6 Å². The van der Waals surface area contributed by atoms with Crippen LogP contribution in [0, 0.1) is 0 Å². The number of rotatable bonds is 4. The summed E-state index contributed by atoms with van der Waals surface area (Å²) in [5.74, 6) is -1.47. The normalized spacial score (nSPS) is 11.8. The van der Waals surface area contributed by atoms with Gasteiger partial charge in [0, 0.05) is 13.2 Å². The summed E-state index contributed by atoms with van der Waals surface area (Å²) in [6.07, 6.45) is -1.78. The summed E-state index contributed by atoms with van der Waals surface area (Å²) < 4.78 is 39.3. The molecule has 0 spiro atoms. The zero-order valence-electron chi connectivity index (χ0n) is 10.4. The number of anilines is 1. The topological polar surface area (TPSA) is 71.2 Å². The molecule has 0 saturated carbocycles. The van der Waals surface area contributed by atoms with Gasteiger partial charge < -0.3 is 14.6 Å². The lowest BCUT2D eigenvalue weighted by atomic mass is 10.3. The van der Waals surface area contributed by atoms with Crippen LogP contribution in [-0.2, 0) is 11.8 Å². The lowest BCUT2D eigenvalue weighted by Crippen LogP contribution is -2.38. The summed E-state index contributed by atoms with van der Waals surface area (Å²) in [4.78, 5) is 19.2. The Kier molecular flexibility index (Phi) is 3.51. The van der Waals surface area contributed by atoms with E-state index in [9.17, 15) is 18.0 Å². The molecule has 0 saturated heterocycles. The molecule has 20 heavy (non-hydrogen) atoms. The molecule has 0 bridgehead atoms. The van der Waals surface area contributed by atoms with Gasteiger partial charge in [0.2, 0.25) is 0 Å². The number of hydrogen-bond donors (Lipinski definition) is 1. The van der Waals surface area contributed by atoms with Crippen LogP contribution in [0.15, 0.2) is 18.6 Å². The largest absolute Gasteiger partial charge is 0.480 e. The number of nitrogens with zero attached hydrogens (tertiary/aromatic N) is 4. The predicted octanol–water partition coefficient (Wildman–Crippen LogP) is 1.42. The van der Waals surface area contributed by atoms with Crippen LogP contribution in [0.4, 0.5) is 19.0 Å². The van der Waals surface area contributed by atoms with Gasteiger partial charge in [-0.2, -0.15) is 13.2 Å². The third-order valence-corrected chi connectivity index (χ3v) is 2.62. The van der Waals surface area contributed by atoms with E-state index in [0.29, 0.717) is 10.4 Å². The Morgan fingerprint density at radius 3 is 2.75 bits per heavy atom. The molecular weight excluding hydrogens is 277 g/mol. The Morgan fingerprint density at radius 2 is 2.15 bits per heavy atom. The fourth-order valence-electron chi connectivity index (χ4n) is 1.86. The van der Waals surface area contributed by atoms with Crippen LogP contribution < -0.4 is 4.90 Å². The maximum absolute atomic E-state index is 12.6. The van der Waals surface area contributed by atoms with Crippen molar-refractivity contribution in [1.29, 1.82) is 0 Å². The Morgan fingerprint density at radius 1 is 1.45 bits per heavy atom. The van der Waals surface area contributed by atoms with Crippen molar-refractivity contribution in [2.75, 3.05) is 18.0 Å². The molecule has 0 aliphatic carbocycles. The van der Waals surface area contributed by atoms with E-state index in [4.69, 9.17) is 5.11 Å². The second kappa shape index (κ2) is 4.99. The number of carboxylic acids is 1. The molecule has 6 nitrogen and oxygen atoms in total. The summed E-state index contributed by atoms with van der Waals surface area (Å²) in [7, 11) is 1.68. The molecule has 0 aliphatic heterocycles. The molecule has 2 rings (SSSR count). The van der Waals surface area contributed by atoms with Crippen LogP contribution in [0.3, 0.4) is 0 Å². The van der Waals surface area contributed by atoms with Crippen LogP contribution in [0.5, 0.6) is 0 Å². The van der Waals surface area contributed by atoms with Crippen molar-refractivity contribution in [3.63, 3.8) is 0 Å². The van der Waals surface area contributed by atoms with E-state index in [1.54, 1.807) is 17.7 Å². The average molecular weight is 288 g/mol. The van der Waals surface area contributed by atoms with Gasteiger partial charge in [-0.05, 0) is 6.07 Å². The van der Waals surface area contributed by atoms with Crippen LogP contribution >= 0.6 is 0 Å². The second-order valence-electron chi connectivity index (χ2n) is 4.22. The van der Waals surface area contributed by atoms with Crippen LogP contribution in [0.2, 0.25) is 0 Å². The average Bonchev–Trinajstić information content (AvgIpc) is 2.68. The van der Waals surface area contributed by atoms with E-state index in [1.807, 2.05) is 0 Å². The number of carbonyl (C=O) groups is 1. The minimum atomic E-state index is -4.53. The molecule has 108 valence electrons. The second-order valence-corrected chi connectivity index (χ2v) is 4.22. The van der Waals surface area contributed by atoms with Gasteiger partial charge >= 0.3 is 12.1 Å². The molecule has 0 unspecified atom stereocenters. The van der Waals surface area contributed by atoms with Crippen molar-refractivity contribution in [1.82, 2.24) is 14.5 Å². The van der Waals surface area contributed by atoms with Crippen LogP contribution in [0.1, 0.15) is 0 Å². The highest BCUT2D eigenvalue weighted by Gasteiger charge is 2.33. The number of aromatic nitrogens is 3. The van der Waals surface area contributed by atoms with E-state index in [0.717, 1.165) is 0 Å². The van der Waals surface area contributed by atoms with Gasteiger partial charge in [0.15, 0.2) is 5.82 Å². The highest BCUT2D eigenvalue weighted by molar-refractivity contribution is 5.88. The van der Waals surface area contributed by atoms with Gasteiger partial charge in [-0.25, -0.2) is 9.97 Å². The number of carboxylic acid groups (broad SMARTS) is 1. The molecule has 0 aliphatic rings. The number of halogens is 3. The SMILES string of the molecule is Cn1cnc2c(N(CC(=O)O)CC(F)(F)F)nccc21. The van der Waals surface area contributed by atoms with Gasteiger partial charge in [-0.15, -0.1) is 0 Å². The fraction of sp³-hybridized carbons (Fsp3) is 0.364. The maximum atomic E-state index is 12.6. The zero-order chi connectivity index (χ0) is 14.9. The molecule has 9 heteroatoms. The quantitative estimate of drug-likeness (QED) is 0.921. The van der Waals surface area contributed by atoms with Gasteiger partial charge in [-0.1, -0.05) is 0 Å². The van der Waals surface area contributed by atoms with E-state index >= 15 is 0 Å². The van der Waals surface area contributed by atoms with Gasteiger partial charge in [0.05, 0.1) is 11.8 Å². The van der Waals surface area contributed by atoms with E-state index in [2.05, 4.69) is 9.97 Å². The molecule has 0 aromatic carbocycles. The van der Waals surface area contributed by atoms with Crippen LogP contribution in [0.25, 0.3) is 11.0 Å². The first kappa shape index (κ1) is 14.1. The van der Waals surface area contributed by atoms with E-state index in [-0.39, 0.29) is 11.3 Å². The molecule has 0 atom stereocenters. The minimum Gasteiger partial charge on any atom is -0.480 e. The minimum absolute atomic E-state index is 0.0946. The lowest BCUT2D eigenvalue weighted by molar-refractivity contribution is -0.136. The van der Waals surface area contributed by atoms with Crippen molar-refractivity contribution in [2.24, 2.45) is 7.05 Å². The predicted molar refractivity (Wildman–Crippen MR) is 64.4 cm³/mol. The standard InChI is InChI=1S/C11H11F3N4O2/c1-17-6-16-9-7(17)2-3-15-10(9)18(4-8(19)20)5-11(12,13)14/h2-3,6H,4-5H2,1H3,(H,19,20). The number of aryl methyl sites for hydroxylation is 1. The van der Waals surface area contributed by atoms with Crippen molar-refractivity contribution < 1.29 is 23.1 Å². The Hall–Kier alpha value is -2.32. The van der Waals surface area contributed by atoms with Gasteiger partial charge in [0.25, 0.3) is 0 Å². The smallest absolute Gasteiger partial charge is 0.405 e. The summed E-state index contributed by atoms with van der Waals surface area (Å²) in [5, 5.41) is 8.76. The van der Waals surface area contributed by atoms with Crippen LogP contribution in [-0.4, -0.2) is 44.9 Å². The maximum Gasteiger partial charge on any atom is 0.405 e. The number of imidazole rings is 1. The van der Waals surface area contributed by atoms with Crippen molar-refractivity contribution in [2.45, 2.75) is 6.18 Å². The molecule has 2 aromatic heterocycles. The number of pyridine rings is 1. The summed E-state index contributed by atoms with van der Waals surface area (Å²) in [6, 6.07) is 1.60. The third kappa shape index (κ3) is 2.98. The van der Waals surface area contributed by atoms with Crippen molar-refractivity contribution in [3.8, 4) is 0 Å². The molecule has 2 heterocycles. The Balaban J connectivity index is 2.47.